The first-order chi connectivity index (χ1) is 15.5. The third-order valence-corrected chi connectivity index (χ3v) is 4.80. The molecule has 0 aromatic rings. The first kappa shape index (κ1) is 39.8. The van der Waals surface area contributed by atoms with E-state index in [1.165, 1.54) is 20.8 Å². The van der Waals surface area contributed by atoms with Gasteiger partial charge in [0.05, 0.1) is 16.7 Å². The second kappa shape index (κ2) is 18.9. The lowest BCUT2D eigenvalue weighted by Gasteiger charge is -2.23. The largest absolute Gasteiger partial charge is 0.461 e. The summed E-state index contributed by atoms with van der Waals surface area (Å²) < 4.78 is 89.0. The Hall–Kier alpha value is -2.37. The average molecular weight is 566 g/mol. The molecule has 0 bridgehead atoms. The van der Waals surface area contributed by atoms with Crippen LogP contribution in [0, 0.1) is 0 Å². The summed E-state index contributed by atoms with van der Waals surface area (Å²) in [5.41, 5.74) is -0.816. The molecule has 0 aromatic carbocycles. The molecule has 0 radical (unpaired) electrons. The van der Waals surface area contributed by atoms with Crippen molar-refractivity contribution in [2.24, 2.45) is 0 Å². The Morgan fingerprint density at radius 3 is 1.60 bits per heavy atom. The maximum absolute atomic E-state index is 10.8. The van der Waals surface area contributed by atoms with Gasteiger partial charge in [0.1, 0.15) is 12.4 Å². The Labute approximate surface area is 207 Å². The minimum atomic E-state index is -4.08. The van der Waals surface area contributed by atoms with Gasteiger partial charge in [0.15, 0.2) is 0 Å². The number of esters is 1. The van der Waals surface area contributed by atoms with Gasteiger partial charge in [-0.05, 0) is 33.3 Å². The highest BCUT2D eigenvalue weighted by molar-refractivity contribution is 7.88. The summed E-state index contributed by atoms with van der Waals surface area (Å²) in [5.74, 6) is -2.27. The maximum atomic E-state index is 10.8. The van der Waals surface area contributed by atoms with Crippen molar-refractivity contribution in [3.8, 4) is 0 Å². The molecule has 0 fully saturated rings. The van der Waals surface area contributed by atoms with E-state index in [2.05, 4.69) is 43.3 Å². The third-order valence-electron chi connectivity index (χ3n) is 2.61. The lowest BCUT2D eigenvalue weighted by atomic mass is 10.1. The number of amides is 1. The third kappa shape index (κ3) is 42.3. The zero-order valence-electron chi connectivity index (χ0n) is 20.1. The van der Waals surface area contributed by atoms with Gasteiger partial charge in [-0.2, -0.15) is 25.3 Å². The Kier molecular flexibility index (Phi) is 21.5. The number of carbonyl (C=O) groups excluding carboxylic acids is 2. The fraction of sp³-hybridized carbons (Fsp3) is 0.474. The zero-order valence-corrected chi connectivity index (χ0v) is 22.6. The minimum Gasteiger partial charge on any atom is -0.461 e. The highest BCUT2D eigenvalue weighted by Crippen LogP contribution is 2.05. The van der Waals surface area contributed by atoms with Crippen molar-refractivity contribution < 1.29 is 53.2 Å². The molecule has 35 heavy (non-hydrogen) atoms. The van der Waals surface area contributed by atoms with Crippen LogP contribution in [0.1, 0.15) is 34.1 Å². The van der Waals surface area contributed by atoms with Crippen LogP contribution in [0.4, 0.5) is 0 Å². The molecule has 0 saturated carbocycles. The highest BCUT2D eigenvalue weighted by Gasteiger charge is 2.25. The maximum Gasteiger partial charge on any atom is 0.333 e. The molecule has 13 nitrogen and oxygen atoms in total. The monoisotopic (exact) mass is 565 g/mol. The fourth-order valence-corrected chi connectivity index (χ4v) is 2.52. The number of allylic oxidation sites excluding steroid dienone is 1. The molecule has 0 aliphatic heterocycles. The second-order valence-electron chi connectivity index (χ2n) is 6.88. The SMILES string of the molecule is C=C(C)C(=O)OCCS(=O)(=O)O.C=CC(=O)NC(C)(C)CS(=O)(=O)O.C=CCC.C=CS(=O)(=O)O. The normalized spacial score (nSPS) is 10.8. The highest BCUT2D eigenvalue weighted by atomic mass is 32.2. The van der Waals surface area contributed by atoms with E-state index in [1.54, 1.807) is 0 Å². The molecule has 4 N–H and O–H groups in total. The van der Waals surface area contributed by atoms with Gasteiger partial charge in [-0.15, -0.1) is 6.58 Å². The van der Waals surface area contributed by atoms with Gasteiger partial charge in [0.2, 0.25) is 5.91 Å². The molecular weight excluding hydrogens is 530 g/mol. The summed E-state index contributed by atoms with van der Waals surface area (Å²) in [6.45, 7) is 18.9. The van der Waals surface area contributed by atoms with Gasteiger partial charge in [0, 0.05) is 5.57 Å². The van der Waals surface area contributed by atoms with E-state index >= 15 is 0 Å². The van der Waals surface area contributed by atoms with Gasteiger partial charge < -0.3 is 10.1 Å². The van der Waals surface area contributed by atoms with Crippen molar-refractivity contribution in [3.05, 3.63) is 49.4 Å². The summed E-state index contributed by atoms with van der Waals surface area (Å²) >= 11 is 0. The van der Waals surface area contributed by atoms with Gasteiger partial charge in [-0.25, -0.2) is 4.79 Å². The van der Waals surface area contributed by atoms with Crippen molar-refractivity contribution in [1.82, 2.24) is 5.32 Å². The molecule has 0 unspecified atom stereocenters. The van der Waals surface area contributed by atoms with E-state index in [-0.39, 0.29) is 12.2 Å². The molecule has 0 rings (SSSR count). The molecule has 206 valence electrons. The number of ether oxygens (including phenoxy) is 1. The standard InChI is InChI=1S/C7H13NO4S.C6H10O5S.C4H8.C2H4O3S/c1-4-6(9)8-7(2,3)5-13(10,11)12;1-5(2)6(7)11-3-4-12(8,9)10;1-3-4-2;1-2-6(3,4)5/h4H,1,5H2,2-3H3,(H,8,9)(H,10,11,12);1,3-4H2,2H3,(H,8,9,10);3H,1,4H2,2H3;2H,1H2,(H,3,4,5). The van der Waals surface area contributed by atoms with Crippen LogP contribution in [-0.4, -0.2) is 74.4 Å². The summed E-state index contributed by atoms with van der Waals surface area (Å²) in [5, 5.41) is 2.83. The number of hydrogen-bond donors (Lipinski definition) is 4. The molecule has 16 heteroatoms. The minimum absolute atomic E-state index is 0.185. The Morgan fingerprint density at radius 1 is 0.971 bits per heavy atom. The zero-order chi connectivity index (χ0) is 29.1. The van der Waals surface area contributed by atoms with E-state index < -0.39 is 59.3 Å². The van der Waals surface area contributed by atoms with Gasteiger partial charge >= 0.3 is 5.97 Å². The van der Waals surface area contributed by atoms with Crippen LogP contribution in [0.15, 0.2) is 49.4 Å². The topological polar surface area (TPSA) is 219 Å². The Morgan fingerprint density at radius 2 is 1.37 bits per heavy atom. The first-order valence-electron chi connectivity index (χ1n) is 9.35. The Bertz CT molecular complexity index is 1010. The summed E-state index contributed by atoms with van der Waals surface area (Å²) in [6.07, 6.45) is 3.99. The molecule has 0 aliphatic carbocycles. The molecule has 0 atom stereocenters. The number of nitrogens with one attached hydrogen (secondary N) is 1. The molecular formula is C19H35NO12S3. The first-order valence-corrected chi connectivity index (χ1v) is 14.1. The number of hydrogen-bond acceptors (Lipinski definition) is 9. The lowest BCUT2D eigenvalue weighted by Crippen LogP contribution is -2.47. The summed E-state index contributed by atoms with van der Waals surface area (Å²) in [4.78, 5) is 21.4. The fourth-order valence-electron chi connectivity index (χ4n) is 1.24. The summed E-state index contributed by atoms with van der Waals surface area (Å²) in [7, 11) is -12.0. The molecule has 0 aliphatic rings. The van der Waals surface area contributed by atoms with Crippen molar-refractivity contribution in [1.29, 1.82) is 0 Å². The smallest absolute Gasteiger partial charge is 0.333 e. The van der Waals surface area contributed by atoms with Crippen LogP contribution in [0.25, 0.3) is 0 Å². The van der Waals surface area contributed by atoms with Crippen LogP contribution >= 0.6 is 0 Å². The van der Waals surface area contributed by atoms with Crippen molar-refractivity contribution in [3.63, 3.8) is 0 Å². The van der Waals surface area contributed by atoms with Crippen LogP contribution in [0.5, 0.6) is 0 Å². The quantitative estimate of drug-likeness (QED) is 0.128. The van der Waals surface area contributed by atoms with Crippen LogP contribution in [0.3, 0.4) is 0 Å². The average Bonchev–Trinajstić information content (AvgIpc) is 2.65. The molecule has 0 saturated heterocycles. The van der Waals surface area contributed by atoms with Crippen LogP contribution < -0.4 is 5.32 Å². The van der Waals surface area contributed by atoms with E-state index in [9.17, 15) is 34.8 Å². The van der Waals surface area contributed by atoms with Crippen molar-refractivity contribution in [2.45, 2.75) is 39.7 Å². The van der Waals surface area contributed by atoms with Gasteiger partial charge in [-0.1, -0.05) is 32.7 Å². The van der Waals surface area contributed by atoms with Crippen molar-refractivity contribution in [2.75, 3.05) is 18.1 Å². The molecule has 0 spiro atoms. The summed E-state index contributed by atoms with van der Waals surface area (Å²) in [6, 6.07) is 0. The van der Waals surface area contributed by atoms with Gasteiger partial charge in [0.25, 0.3) is 30.4 Å². The van der Waals surface area contributed by atoms with Crippen LogP contribution in [-0.2, 0) is 44.7 Å². The lowest BCUT2D eigenvalue weighted by molar-refractivity contribution is -0.138. The van der Waals surface area contributed by atoms with Gasteiger partial charge in [-0.3, -0.25) is 18.5 Å². The number of carbonyl (C=O) groups is 2. The predicted octanol–water partition coefficient (Wildman–Crippen LogP) is 1.55. The van der Waals surface area contributed by atoms with Crippen molar-refractivity contribution >= 4 is 42.2 Å². The Balaban J connectivity index is -0.000000200. The second-order valence-corrected chi connectivity index (χ2v) is 11.3. The molecule has 0 aromatic heterocycles. The van der Waals surface area contributed by atoms with E-state index in [1.807, 2.05) is 6.08 Å². The van der Waals surface area contributed by atoms with E-state index in [0.717, 1.165) is 12.5 Å². The number of rotatable bonds is 10. The molecule has 1 amide bonds. The molecule has 0 heterocycles. The predicted molar refractivity (Wildman–Crippen MR) is 133 cm³/mol. The van der Waals surface area contributed by atoms with Crippen LogP contribution in [0.2, 0.25) is 0 Å². The van der Waals surface area contributed by atoms with E-state index in [0.29, 0.717) is 5.41 Å². The van der Waals surface area contributed by atoms with E-state index in [4.69, 9.17) is 13.7 Å².